The van der Waals surface area contributed by atoms with E-state index in [4.69, 9.17) is 0 Å². The first-order valence-corrected chi connectivity index (χ1v) is 8.72. The predicted molar refractivity (Wildman–Crippen MR) is 97.9 cm³/mol. The molecule has 2 atom stereocenters. The number of Topliss-reactive ketones (excluding diaryl/α,β-unsaturated/α-hetero) is 1. The number of aryl methyl sites for hydroxylation is 1. The molecule has 2 aromatic carbocycles. The van der Waals surface area contributed by atoms with Gasteiger partial charge in [0.05, 0.1) is 6.04 Å². The topological polar surface area (TPSA) is 29.1 Å². The van der Waals surface area contributed by atoms with Crippen molar-refractivity contribution in [2.75, 3.05) is 0 Å². The molecule has 0 amide bonds. The third-order valence-corrected chi connectivity index (χ3v) is 4.39. The Hall–Kier alpha value is -2.14. The Balaban J connectivity index is 2.28. The molecule has 0 radical (unpaired) electrons. The van der Waals surface area contributed by atoms with Crippen LogP contribution in [-0.4, -0.2) is 18.0 Å². The minimum Gasteiger partial charge on any atom is -0.298 e. The Morgan fingerprint density at radius 3 is 1.92 bits per heavy atom. The standard InChI is InChI=1S/C21H24F3NO/c1-4-5-19(15(3)26)25-20(21(22,23)24)18-12-10-17(11-13-18)16-8-6-14(2)7-9-16/h6-13,19-20,25H,4-5H2,1-3H3/t19?,20-/m0/s1. The van der Waals surface area contributed by atoms with Crippen molar-refractivity contribution in [2.45, 2.75) is 51.9 Å². The summed E-state index contributed by atoms with van der Waals surface area (Å²) in [6.45, 7) is 5.14. The number of alkyl halides is 3. The van der Waals surface area contributed by atoms with Crippen molar-refractivity contribution in [3.63, 3.8) is 0 Å². The van der Waals surface area contributed by atoms with E-state index < -0.39 is 18.3 Å². The van der Waals surface area contributed by atoms with Gasteiger partial charge in [0.15, 0.2) is 0 Å². The highest BCUT2D eigenvalue weighted by atomic mass is 19.4. The van der Waals surface area contributed by atoms with Gasteiger partial charge in [-0.05, 0) is 37.0 Å². The van der Waals surface area contributed by atoms with Gasteiger partial charge in [-0.2, -0.15) is 13.2 Å². The second-order valence-corrected chi connectivity index (χ2v) is 6.58. The minimum absolute atomic E-state index is 0.107. The summed E-state index contributed by atoms with van der Waals surface area (Å²) in [5.74, 6) is -0.280. The predicted octanol–water partition coefficient (Wildman–Crippen LogP) is 5.61. The molecule has 26 heavy (non-hydrogen) atoms. The van der Waals surface area contributed by atoms with Gasteiger partial charge in [-0.3, -0.25) is 10.1 Å². The van der Waals surface area contributed by atoms with E-state index in [9.17, 15) is 18.0 Å². The molecule has 2 aromatic rings. The minimum atomic E-state index is -4.48. The SMILES string of the molecule is CCCC(N[C@@H](c1ccc(-c2ccc(C)cc2)cc1)C(F)(F)F)C(C)=O. The van der Waals surface area contributed by atoms with E-state index in [1.54, 1.807) is 12.1 Å². The number of hydrogen-bond acceptors (Lipinski definition) is 2. The van der Waals surface area contributed by atoms with Crippen LogP contribution in [0.5, 0.6) is 0 Å². The van der Waals surface area contributed by atoms with Crippen LogP contribution in [0.2, 0.25) is 0 Å². The number of ketones is 1. The van der Waals surface area contributed by atoms with E-state index in [1.807, 2.05) is 38.1 Å². The molecule has 0 aliphatic carbocycles. The van der Waals surface area contributed by atoms with E-state index in [1.165, 1.54) is 19.1 Å². The zero-order valence-corrected chi connectivity index (χ0v) is 15.2. The van der Waals surface area contributed by atoms with Crippen molar-refractivity contribution in [3.8, 4) is 11.1 Å². The van der Waals surface area contributed by atoms with Crippen LogP contribution in [0.25, 0.3) is 11.1 Å². The molecule has 0 aromatic heterocycles. The Morgan fingerprint density at radius 2 is 1.50 bits per heavy atom. The zero-order chi connectivity index (χ0) is 19.3. The highest BCUT2D eigenvalue weighted by Gasteiger charge is 2.42. The van der Waals surface area contributed by atoms with Gasteiger partial charge in [0.25, 0.3) is 0 Å². The zero-order valence-electron chi connectivity index (χ0n) is 15.2. The Kier molecular flexibility index (Phi) is 6.59. The summed E-state index contributed by atoms with van der Waals surface area (Å²) in [4.78, 5) is 11.7. The van der Waals surface area contributed by atoms with Gasteiger partial charge >= 0.3 is 6.18 Å². The smallest absolute Gasteiger partial charge is 0.298 e. The summed E-state index contributed by atoms with van der Waals surface area (Å²) in [7, 11) is 0. The molecule has 2 nitrogen and oxygen atoms in total. The third kappa shape index (κ3) is 5.18. The number of carbonyl (C=O) groups excluding carboxylic acids is 1. The number of halogens is 3. The molecule has 1 N–H and O–H groups in total. The largest absolute Gasteiger partial charge is 0.407 e. The van der Waals surface area contributed by atoms with E-state index >= 15 is 0 Å². The monoisotopic (exact) mass is 363 g/mol. The molecule has 5 heteroatoms. The van der Waals surface area contributed by atoms with Gasteiger partial charge in [-0.1, -0.05) is 67.4 Å². The van der Waals surface area contributed by atoms with Crippen molar-refractivity contribution in [2.24, 2.45) is 0 Å². The third-order valence-electron chi connectivity index (χ3n) is 4.39. The maximum Gasteiger partial charge on any atom is 0.407 e. The highest BCUT2D eigenvalue weighted by Crippen LogP contribution is 2.34. The van der Waals surface area contributed by atoms with E-state index in [2.05, 4.69) is 5.32 Å². The van der Waals surface area contributed by atoms with E-state index in [0.29, 0.717) is 12.8 Å². The first kappa shape index (κ1) is 20.2. The summed E-state index contributed by atoms with van der Waals surface area (Å²) in [6.07, 6.45) is -3.47. The van der Waals surface area contributed by atoms with Crippen LogP contribution in [0, 0.1) is 6.92 Å². The fourth-order valence-electron chi connectivity index (χ4n) is 2.89. The number of carbonyl (C=O) groups is 1. The average Bonchev–Trinajstić information content (AvgIpc) is 2.58. The maximum atomic E-state index is 13.6. The maximum absolute atomic E-state index is 13.6. The number of hydrogen-bond donors (Lipinski definition) is 1. The van der Waals surface area contributed by atoms with Crippen LogP contribution in [0.1, 0.15) is 43.9 Å². The molecule has 0 spiro atoms. The molecule has 0 saturated carbocycles. The molecule has 1 unspecified atom stereocenters. The van der Waals surface area contributed by atoms with Crippen LogP contribution < -0.4 is 5.32 Å². The lowest BCUT2D eigenvalue weighted by Crippen LogP contribution is -2.43. The number of benzene rings is 2. The van der Waals surface area contributed by atoms with Gasteiger partial charge in [0, 0.05) is 0 Å². The molecule has 0 fully saturated rings. The van der Waals surface area contributed by atoms with Gasteiger partial charge in [-0.15, -0.1) is 0 Å². The van der Waals surface area contributed by atoms with E-state index in [0.717, 1.165) is 16.7 Å². The Bertz CT molecular complexity index is 720. The van der Waals surface area contributed by atoms with Gasteiger partial charge in [-0.25, -0.2) is 0 Å². The van der Waals surface area contributed by atoms with Gasteiger partial charge in [0.2, 0.25) is 0 Å². The molecule has 0 bridgehead atoms. The fraction of sp³-hybridized carbons (Fsp3) is 0.381. The normalized spacial score (nSPS) is 14.1. The molecular weight excluding hydrogens is 339 g/mol. The molecule has 0 aliphatic rings. The first-order chi connectivity index (χ1) is 12.2. The Morgan fingerprint density at radius 1 is 1.00 bits per heavy atom. The molecule has 0 saturated heterocycles. The summed E-state index contributed by atoms with van der Waals surface area (Å²) in [5.41, 5.74) is 3.03. The molecular formula is C21H24F3NO. The second-order valence-electron chi connectivity index (χ2n) is 6.58. The van der Waals surface area contributed by atoms with Crippen molar-refractivity contribution in [1.82, 2.24) is 5.32 Å². The molecule has 140 valence electrons. The summed E-state index contributed by atoms with van der Waals surface area (Å²) >= 11 is 0. The highest BCUT2D eigenvalue weighted by molar-refractivity contribution is 5.81. The fourth-order valence-corrected chi connectivity index (χ4v) is 2.89. The van der Waals surface area contributed by atoms with Crippen LogP contribution in [0.15, 0.2) is 48.5 Å². The lowest BCUT2D eigenvalue weighted by molar-refractivity contribution is -0.160. The number of rotatable bonds is 7. The number of nitrogens with one attached hydrogen (secondary N) is 1. The first-order valence-electron chi connectivity index (χ1n) is 8.72. The lowest BCUT2D eigenvalue weighted by Gasteiger charge is -2.26. The summed E-state index contributed by atoms with van der Waals surface area (Å²) in [6, 6.07) is 11.5. The molecule has 0 heterocycles. The van der Waals surface area contributed by atoms with E-state index in [-0.39, 0.29) is 11.3 Å². The van der Waals surface area contributed by atoms with Crippen molar-refractivity contribution in [1.29, 1.82) is 0 Å². The van der Waals surface area contributed by atoms with Crippen LogP contribution in [0.4, 0.5) is 13.2 Å². The Labute approximate surface area is 152 Å². The van der Waals surface area contributed by atoms with Crippen molar-refractivity contribution < 1.29 is 18.0 Å². The summed E-state index contributed by atoms with van der Waals surface area (Å²) < 4.78 is 40.7. The lowest BCUT2D eigenvalue weighted by atomic mass is 9.98. The molecule has 0 aliphatic heterocycles. The second kappa shape index (κ2) is 8.49. The summed E-state index contributed by atoms with van der Waals surface area (Å²) in [5, 5.41) is 2.50. The quantitative estimate of drug-likeness (QED) is 0.692. The van der Waals surface area contributed by atoms with Crippen LogP contribution in [0.3, 0.4) is 0 Å². The van der Waals surface area contributed by atoms with Crippen molar-refractivity contribution in [3.05, 3.63) is 59.7 Å². The van der Waals surface area contributed by atoms with Gasteiger partial charge < -0.3 is 0 Å². The molecule has 2 rings (SSSR count). The van der Waals surface area contributed by atoms with Crippen molar-refractivity contribution >= 4 is 5.78 Å². The van der Waals surface area contributed by atoms with Crippen LogP contribution in [-0.2, 0) is 4.79 Å². The van der Waals surface area contributed by atoms with Crippen LogP contribution >= 0.6 is 0 Å². The average molecular weight is 363 g/mol. The van der Waals surface area contributed by atoms with Gasteiger partial charge in [0.1, 0.15) is 11.8 Å².